The molecule has 0 bridgehead atoms. The first kappa shape index (κ1) is 21.3. The Morgan fingerprint density at radius 3 is 2.85 bits per heavy atom. The number of benzene rings is 1. The van der Waals surface area contributed by atoms with Crippen LogP contribution in [0.4, 0.5) is 5.82 Å². The highest BCUT2D eigenvalue weighted by Gasteiger charge is 2.56. The topological polar surface area (TPSA) is 110 Å². The fourth-order valence-electron chi connectivity index (χ4n) is 6.02. The Morgan fingerprint density at radius 1 is 1.15 bits per heavy atom. The fourth-order valence-corrected chi connectivity index (χ4v) is 6.55. The Kier molecular flexibility index (Phi) is 4.92. The molecule has 0 aliphatic heterocycles. The van der Waals surface area contributed by atoms with E-state index in [1.807, 2.05) is 22.9 Å². The van der Waals surface area contributed by atoms with Crippen molar-refractivity contribution in [1.29, 1.82) is 0 Å². The van der Waals surface area contributed by atoms with E-state index in [0.29, 0.717) is 29.0 Å². The van der Waals surface area contributed by atoms with Gasteiger partial charge < -0.3 is 20.5 Å². The molecule has 6 rings (SSSR count). The molecule has 3 aromatic heterocycles. The molecule has 2 aliphatic rings. The SMILES string of the molecule is Nc1nc2cc([C@@H]3CC[C@]4(C3)C[C@@H](n3ccc5c(Cl)ncnc53)[C@H](O)[C@@H]4O)ccc2cc1Br. The van der Waals surface area contributed by atoms with Crippen molar-refractivity contribution in [1.82, 2.24) is 19.5 Å². The zero-order valence-electron chi connectivity index (χ0n) is 17.7. The number of anilines is 1. The normalized spacial score (nSPS) is 29.6. The summed E-state index contributed by atoms with van der Waals surface area (Å²) in [5.74, 6) is 0.766. The maximum Gasteiger partial charge on any atom is 0.145 e. The van der Waals surface area contributed by atoms with Gasteiger partial charge in [-0.05, 0) is 71.3 Å². The van der Waals surface area contributed by atoms with Crippen LogP contribution < -0.4 is 5.73 Å². The highest BCUT2D eigenvalue weighted by atomic mass is 79.9. The number of nitrogens with two attached hydrogens (primary N) is 1. The van der Waals surface area contributed by atoms with Crippen molar-refractivity contribution in [2.45, 2.75) is 49.9 Å². The van der Waals surface area contributed by atoms with Crippen LogP contribution in [0.2, 0.25) is 5.15 Å². The molecule has 2 fully saturated rings. The van der Waals surface area contributed by atoms with Crippen molar-refractivity contribution in [3.05, 3.63) is 58.0 Å². The van der Waals surface area contributed by atoms with Gasteiger partial charge in [0.1, 0.15) is 29.0 Å². The molecule has 0 saturated heterocycles. The molecule has 170 valence electrons. The molecule has 1 aromatic carbocycles. The minimum Gasteiger partial charge on any atom is -0.390 e. The van der Waals surface area contributed by atoms with Crippen LogP contribution in [0, 0.1) is 5.41 Å². The number of fused-ring (bicyclic) bond motifs is 2. The third kappa shape index (κ3) is 3.26. The van der Waals surface area contributed by atoms with Crippen LogP contribution in [-0.4, -0.2) is 41.9 Å². The Bertz CT molecular complexity index is 1390. The van der Waals surface area contributed by atoms with Gasteiger partial charge in [-0.1, -0.05) is 23.7 Å². The molecule has 2 aliphatic carbocycles. The minimum atomic E-state index is -0.872. The van der Waals surface area contributed by atoms with Crippen molar-refractivity contribution < 1.29 is 10.2 Å². The van der Waals surface area contributed by atoms with E-state index >= 15 is 0 Å². The third-order valence-corrected chi connectivity index (χ3v) is 8.65. The van der Waals surface area contributed by atoms with Gasteiger partial charge in [-0.15, -0.1) is 0 Å². The van der Waals surface area contributed by atoms with Crippen LogP contribution in [0.25, 0.3) is 21.9 Å². The number of pyridine rings is 1. The summed E-state index contributed by atoms with van der Waals surface area (Å²) in [6.45, 7) is 0. The van der Waals surface area contributed by atoms with E-state index in [1.54, 1.807) is 0 Å². The quantitative estimate of drug-likeness (QED) is 0.328. The first-order valence-electron chi connectivity index (χ1n) is 11.1. The van der Waals surface area contributed by atoms with Gasteiger partial charge in [0.15, 0.2) is 0 Å². The minimum absolute atomic E-state index is 0.266. The number of rotatable bonds is 2. The monoisotopic (exact) mass is 527 g/mol. The molecule has 0 amide bonds. The fraction of sp³-hybridized carbons (Fsp3) is 0.375. The van der Waals surface area contributed by atoms with Crippen LogP contribution in [0.3, 0.4) is 0 Å². The van der Waals surface area contributed by atoms with E-state index in [-0.39, 0.29) is 11.5 Å². The van der Waals surface area contributed by atoms with Gasteiger partial charge in [-0.25, -0.2) is 15.0 Å². The summed E-state index contributed by atoms with van der Waals surface area (Å²) in [5.41, 5.74) is 8.40. The molecule has 33 heavy (non-hydrogen) atoms. The summed E-state index contributed by atoms with van der Waals surface area (Å²) in [4.78, 5) is 12.9. The first-order chi connectivity index (χ1) is 15.9. The highest BCUT2D eigenvalue weighted by molar-refractivity contribution is 9.10. The first-order valence-corrected chi connectivity index (χ1v) is 12.2. The van der Waals surface area contributed by atoms with E-state index in [2.05, 4.69) is 49.1 Å². The lowest BCUT2D eigenvalue weighted by Crippen LogP contribution is -2.35. The number of nitrogen functional groups attached to an aromatic ring is 1. The summed E-state index contributed by atoms with van der Waals surface area (Å²) in [7, 11) is 0. The lowest BCUT2D eigenvalue weighted by atomic mass is 9.80. The number of aliphatic hydroxyl groups excluding tert-OH is 2. The van der Waals surface area contributed by atoms with Crippen LogP contribution in [0.15, 0.2) is 47.3 Å². The number of halogens is 2. The largest absolute Gasteiger partial charge is 0.390 e. The summed E-state index contributed by atoms with van der Waals surface area (Å²) >= 11 is 9.66. The van der Waals surface area contributed by atoms with E-state index in [4.69, 9.17) is 17.3 Å². The predicted molar refractivity (Wildman–Crippen MR) is 131 cm³/mol. The van der Waals surface area contributed by atoms with Gasteiger partial charge in [0.05, 0.1) is 27.5 Å². The average Bonchev–Trinajstić information content (AvgIpc) is 3.48. The van der Waals surface area contributed by atoms with E-state index in [1.165, 1.54) is 11.9 Å². The van der Waals surface area contributed by atoms with Crippen LogP contribution in [0.1, 0.15) is 43.2 Å². The molecule has 1 spiro atoms. The zero-order valence-corrected chi connectivity index (χ0v) is 20.0. The van der Waals surface area contributed by atoms with Gasteiger partial charge in [0, 0.05) is 17.0 Å². The summed E-state index contributed by atoms with van der Waals surface area (Å²) < 4.78 is 2.74. The Hall–Kier alpha value is -2.26. The van der Waals surface area contributed by atoms with Gasteiger partial charge in [-0.2, -0.15) is 0 Å². The van der Waals surface area contributed by atoms with Crippen molar-refractivity contribution >= 4 is 55.3 Å². The lowest BCUT2D eigenvalue weighted by Gasteiger charge is -2.28. The highest BCUT2D eigenvalue weighted by Crippen LogP contribution is 2.58. The predicted octanol–water partition coefficient (Wildman–Crippen LogP) is 4.60. The standard InChI is InChI=1S/C24H23BrClN5O2/c25-16-7-13-2-1-12(8-17(13)30-22(16)27)14-3-5-24(9-14)10-18(19(32)20(24)33)31-6-4-15-21(26)28-11-29-23(15)31/h1-2,4,6-8,11,14,18-20,32-33H,3,5,9-10H2,(H2,27,30)/t14-,18-,19+,20+,24+/m1/s1. The van der Waals surface area contributed by atoms with Gasteiger partial charge in [-0.3, -0.25) is 0 Å². The average molecular weight is 529 g/mol. The molecule has 7 nitrogen and oxygen atoms in total. The molecular weight excluding hydrogens is 506 g/mol. The lowest BCUT2D eigenvalue weighted by molar-refractivity contribution is -0.0260. The second-order valence-electron chi connectivity index (χ2n) is 9.44. The molecule has 4 aromatic rings. The molecule has 0 radical (unpaired) electrons. The van der Waals surface area contributed by atoms with Crippen molar-refractivity contribution in [3.8, 4) is 0 Å². The summed E-state index contributed by atoms with van der Waals surface area (Å²) in [6, 6.07) is 9.91. The van der Waals surface area contributed by atoms with Crippen LogP contribution >= 0.6 is 27.5 Å². The van der Waals surface area contributed by atoms with E-state index in [9.17, 15) is 10.2 Å². The number of aliphatic hydroxyl groups is 2. The second-order valence-corrected chi connectivity index (χ2v) is 10.7. The Balaban J connectivity index is 1.30. The zero-order chi connectivity index (χ0) is 22.9. The number of nitrogens with zero attached hydrogens (tertiary/aromatic N) is 4. The Labute approximate surface area is 203 Å². The van der Waals surface area contributed by atoms with Crippen molar-refractivity contribution in [2.75, 3.05) is 5.73 Å². The number of hydrogen-bond donors (Lipinski definition) is 3. The maximum atomic E-state index is 11.2. The smallest absolute Gasteiger partial charge is 0.145 e. The summed E-state index contributed by atoms with van der Waals surface area (Å²) in [5, 5.41) is 24.4. The van der Waals surface area contributed by atoms with E-state index in [0.717, 1.165) is 40.0 Å². The number of aromatic nitrogens is 4. The van der Waals surface area contributed by atoms with Crippen LogP contribution in [0.5, 0.6) is 0 Å². The van der Waals surface area contributed by atoms with Gasteiger partial charge in [0.25, 0.3) is 0 Å². The molecule has 4 N–H and O–H groups in total. The number of hydrogen-bond acceptors (Lipinski definition) is 6. The van der Waals surface area contributed by atoms with Crippen LogP contribution in [-0.2, 0) is 0 Å². The summed E-state index contributed by atoms with van der Waals surface area (Å²) in [6.07, 6.45) is 4.95. The molecule has 9 heteroatoms. The van der Waals surface area contributed by atoms with Gasteiger partial charge >= 0.3 is 0 Å². The van der Waals surface area contributed by atoms with Crippen molar-refractivity contribution in [2.24, 2.45) is 5.41 Å². The van der Waals surface area contributed by atoms with E-state index < -0.39 is 12.2 Å². The second kappa shape index (κ2) is 7.63. The van der Waals surface area contributed by atoms with Crippen molar-refractivity contribution in [3.63, 3.8) is 0 Å². The maximum absolute atomic E-state index is 11.2. The molecule has 5 atom stereocenters. The third-order valence-electron chi connectivity index (χ3n) is 7.72. The molecular formula is C24H23BrClN5O2. The Morgan fingerprint density at radius 2 is 2.00 bits per heavy atom. The van der Waals surface area contributed by atoms with Gasteiger partial charge in [0.2, 0.25) is 0 Å². The molecule has 3 heterocycles. The molecule has 2 saturated carbocycles. The molecule has 0 unspecified atom stereocenters.